The first-order chi connectivity index (χ1) is 9.09. The molecule has 0 N–H and O–H groups in total. The van der Waals surface area contributed by atoms with Crippen molar-refractivity contribution in [3.05, 3.63) is 10.1 Å². The van der Waals surface area contributed by atoms with Gasteiger partial charge in [0.2, 0.25) is 0 Å². The molecule has 6 aliphatic rings. The molecule has 0 saturated heterocycles. The molecule has 4 nitrogen and oxygen atoms in total. The van der Waals surface area contributed by atoms with Crippen molar-refractivity contribution in [2.45, 2.75) is 20.7 Å². The first-order valence-corrected chi connectivity index (χ1v) is 9.63. The lowest BCUT2D eigenvalue weighted by Crippen LogP contribution is -2.40. The molecule has 6 saturated carbocycles. The lowest BCUT2D eigenvalue weighted by atomic mass is 9.62. The van der Waals surface area contributed by atoms with Gasteiger partial charge in [0, 0.05) is 7.85 Å². The number of hydrogen-bond donors (Lipinski definition) is 0. The Balaban J connectivity index is 1.52. The number of hydrogen-bond acceptors (Lipinski definition) is 3. The second-order valence-electron chi connectivity index (χ2n) is 7.11. The van der Waals surface area contributed by atoms with E-state index in [4.69, 9.17) is 0 Å². The Kier molecular flexibility index (Phi) is 2.27. The van der Waals surface area contributed by atoms with Crippen molar-refractivity contribution >= 4 is 45.2 Å². The van der Waals surface area contributed by atoms with E-state index >= 15 is 0 Å². The molecule has 0 aliphatic heterocycles. The molecule has 0 aromatic heterocycles. The van der Waals surface area contributed by atoms with Crippen LogP contribution in [-0.4, -0.2) is 19.5 Å². The van der Waals surface area contributed by atoms with Crippen LogP contribution in [0.1, 0.15) is 12.8 Å². The highest BCUT2D eigenvalue weighted by atomic mass is 127. The number of nitrogens with zero attached hydrogens (tertiary/aromatic N) is 1. The predicted molar refractivity (Wildman–Crippen MR) is 84.7 cm³/mol. The van der Waals surface area contributed by atoms with E-state index in [2.05, 4.69) is 50.0 Å². The van der Waals surface area contributed by atoms with Gasteiger partial charge in [0.05, 0.1) is 6.61 Å². The maximum absolute atomic E-state index is 10.4. The SMILES string of the molecule is O=[N+]([O-])OCC[C@]12[C@@H]3[C@H](I)[C@@H]4[C@H]5C[C@H]([C@@H]([C@H]53)[C@H]1I)[C@H]42. The first kappa shape index (κ1) is 12.2. The minimum atomic E-state index is -0.621. The molecule has 104 valence electrons. The Morgan fingerprint density at radius 1 is 1.21 bits per heavy atom. The summed E-state index contributed by atoms with van der Waals surface area (Å²) in [6.45, 7) is 0.312. The van der Waals surface area contributed by atoms with Crippen LogP contribution in [0.25, 0.3) is 0 Å². The normalized spacial score (nSPS) is 65.7. The van der Waals surface area contributed by atoms with Gasteiger partial charge in [0.15, 0.2) is 0 Å². The van der Waals surface area contributed by atoms with E-state index in [1.54, 1.807) is 0 Å². The van der Waals surface area contributed by atoms with Crippen molar-refractivity contribution in [3.63, 3.8) is 0 Å². The van der Waals surface area contributed by atoms with Gasteiger partial charge in [-0.15, -0.1) is 10.1 Å². The van der Waals surface area contributed by atoms with Crippen LogP contribution >= 0.6 is 45.2 Å². The highest BCUT2D eigenvalue weighted by Crippen LogP contribution is 2.89. The van der Waals surface area contributed by atoms with Gasteiger partial charge < -0.3 is 4.84 Å². The zero-order valence-corrected chi connectivity index (χ0v) is 14.6. The lowest BCUT2D eigenvalue weighted by Gasteiger charge is -2.42. The zero-order valence-electron chi connectivity index (χ0n) is 10.2. The van der Waals surface area contributed by atoms with Gasteiger partial charge >= 0.3 is 0 Å². The highest BCUT2D eigenvalue weighted by molar-refractivity contribution is 14.1. The van der Waals surface area contributed by atoms with Crippen LogP contribution in [0, 0.1) is 57.0 Å². The van der Waals surface area contributed by atoms with Crippen molar-refractivity contribution in [1.82, 2.24) is 0 Å². The van der Waals surface area contributed by atoms with Crippen LogP contribution in [0.3, 0.4) is 0 Å². The molecule has 10 atom stereocenters. The zero-order chi connectivity index (χ0) is 13.1. The van der Waals surface area contributed by atoms with Crippen molar-refractivity contribution in [3.8, 4) is 0 Å². The summed E-state index contributed by atoms with van der Waals surface area (Å²) in [4.78, 5) is 15.1. The molecule has 0 aromatic rings. The van der Waals surface area contributed by atoms with E-state index in [0.29, 0.717) is 12.0 Å². The topological polar surface area (TPSA) is 52.4 Å². The molecule has 0 spiro atoms. The van der Waals surface area contributed by atoms with Crippen LogP contribution in [-0.2, 0) is 4.84 Å². The van der Waals surface area contributed by atoms with E-state index in [9.17, 15) is 10.1 Å². The molecule has 0 amide bonds. The molecule has 6 bridgehead atoms. The van der Waals surface area contributed by atoms with Gasteiger partial charge in [-0.05, 0) is 59.7 Å². The Hall–Kier alpha value is 0.660. The summed E-state index contributed by atoms with van der Waals surface area (Å²) in [5.74, 6) is 6.51. The molecule has 6 rings (SSSR count). The van der Waals surface area contributed by atoms with Gasteiger partial charge in [0.1, 0.15) is 0 Å². The average molecular weight is 487 g/mol. The second-order valence-corrected chi connectivity index (χ2v) is 9.89. The molecule has 0 unspecified atom stereocenters. The molecule has 6 aliphatic carbocycles. The van der Waals surface area contributed by atoms with Gasteiger partial charge in [-0.1, -0.05) is 45.2 Å². The Morgan fingerprint density at radius 3 is 2.74 bits per heavy atom. The quantitative estimate of drug-likeness (QED) is 0.266. The van der Waals surface area contributed by atoms with Crippen molar-refractivity contribution in [2.75, 3.05) is 6.61 Å². The fraction of sp³-hybridized carbons (Fsp3) is 1.00. The Bertz CT molecular complexity index is 485. The van der Waals surface area contributed by atoms with E-state index in [1.807, 2.05) is 0 Å². The van der Waals surface area contributed by atoms with Crippen LogP contribution in [0.4, 0.5) is 0 Å². The average Bonchev–Trinajstić information content (AvgIpc) is 3.05. The molecule has 0 radical (unpaired) electrons. The summed E-state index contributed by atoms with van der Waals surface area (Å²) in [6.07, 6.45) is 2.39. The van der Waals surface area contributed by atoms with E-state index < -0.39 is 5.09 Å². The van der Waals surface area contributed by atoms with Crippen LogP contribution in [0.5, 0.6) is 0 Å². The molecular weight excluding hydrogens is 472 g/mol. The largest absolute Gasteiger partial charge is 0.314 e. The van der Waals surface area contributed by atoms with Crippen LogP contribution < -0.4 is 0 Å². The van der Waals surface area contributed by atoms with Gasteiger partial charge in [-0.3, -0.25) is 0 Å². The summed E-state index contributed by atoms with van der Waals surface area (Å²) >= 11 is 5.40. The first-order valence-electron chi connectivity index (χ1n) is 7.14. The summed E-state index contributed by atoms with van der Waals surface area (Å²) in [5.41, 5.74) is 0.389. The second kappa shape index (κ2) is 3.52. The summed E-state index contributed by atoms with van der Waals surface area (Å²) in [5, 5.41) is 9.81. The van der Waals surface area contributed by atoms with E-state index in [0.717, 1.165) is 55.7 Å². The summed E-state index contributed by atoms with van der Waals surface area (Å²) < 4.78 is 1.59. The summed E-state index contributed by atoms with van der Waals surface area (Å²) in [6, 6.07) is 0. The molecule has 6 heteroatoms. The van der Waals surface area contributed by atoms with Crippen molar-refractivity contribution in [2.24, 2.45) is 46.8 Å². The third kappa shape index (κ3) is 1.07. The van der Waals surface area contributed by atoms with Crippen molar-refractivity contribution < 1.29 is 9.92 Å². The fourth-order valence-corrected chi connectivity index (χ4v) is 11.8. The maximum atomic E-state index is 10.4. The molecule has 0 aromatic carbocycles. The maximum Gasteiger partial charge on any atom is 0.294 e. The van der Waals surface area contributed by atoms with E-state index in [-0.39, 0.29) is 0 Å². The summed E-state index contributed by atoms with van der Waals surface area (Å²) in [7, 11) is 0. The third-order valence-electron chi connectivity index (χ3n) is 7.30. The minimum absolute atomic E-state index is 0.312. The standard InChI is InChI=1S/C13H15I2NO3/c14-11-8-4-3-5-7-6(4)10(11)13(9(5)8,12(7)15)1-2-19-16(17)18/h4-12H,1-3H2/t4-,5+,6-,7-,8+,9+,10-,11+,12+,13-/m0/s1. The molecular formula is C13H15I2NO3. The van der Waals surface area contributed by atoms with Crippen LogP contribution in [0.15, 0.2) is 0 Å². The van der Waals surface area contributed by atoms with Crippen molar-refractivity contribution in [1.29, 1.82) is 0 Å². The van der Waals surface area contributed by atoms with Gasteiger partial charge in [-0.2, -0.15) is 0 Å². The third-order valence-corrected chi connectivity index (χ3v) is 10.9. The Labute approximate surface area is 138 Å². The van der Waals surface area contributed by atoms with Gasteiger partial charge in [0.25, 0.3) is 5.09 Å². The number of halogens is 2. The molecule has 0 heterocycles. The monoisotopic (exact) mass is 487 g/mol. The Morgan fingerprint density at radius 2 is 2.00 bits per heavy atom. The molecule has 6 fully saturated rings. The predicted octanol–water partition coefficient (Wildman–Crippen LogP) is 2.95. The van der Waals surface area contributed by atoms with Crippen LogP contribution in [0.2, 0.25) is 0 Å². The number of rotatable bonds is 4. The lowest BCUT2D eigenvalue weighted by molar-refractivity contribution is -0.758. The van der Waals surface area contributed by atoms with Gasteiger partial charge in [-0.25, -0.2) is 0 Å². The minimum Gasteiger partial charge on any atom is -0.314 e. The fourth-order valence-electron chi connectivity index (χ4n) is 7.48. The number of alkyl halides is 2. The molecule has 19 heavy (non-hydrogen) atoms. The highest BCUT2D eigenvalue weighted by Gasteiger charge is 2.87. The smallest absolute Gasteiger partial charge is 0.294 e. The van der Waals surface area contributed by atoms with E-state index in [1.165, 1.54) is 6.42 Å².